The first-order valence-corrected chi connectivity index (χ1v) is 13.2. The molecule has 2 aliphatic carbocycles. The van der Waals surface area contributed by atoms with Crippen molar-refractivity contribution in [3.05, 3.63) is 46.8 Å². The van der Waals surface area contributed by atoms with Crippen LogP contribution in [0.4, 0.5) is 5.69 Å². The van der Waals surface area contributed by atoms with Crippen molar-refractivity contribution in [2.24, 2.45) is 26.8 Å². The molecule has 3 atom stereocenters. The van der Waals surface area contributed by atoms with Crippen molar-refractivity contribution < 1.29 is 4.74 Å². The smallest absolute Gasteiger partial charge is 0.233 e. The molecule has 0 N–H and O–H groups in total. The number of anilines is 1. The van der Waals surface area contributed by atoms with Gasteiger partial charge >= 0.3 is 0 Å². The van der Waals surface area contributed by atoms with Crippen molar-refractivity contribution >= 4 is 23.3 Å². The number of hydrogen-bond donors (Lipinski definition) is 0. The lowest BCUT2D eigenvalue weighted by atomic mass is 10.1. The second-order valence-corrected chi connectivity index (χ2v) is 10.3. The normalized spacial score (nSPS) is 29.2. The fraction of sp³-hybridized carbons (Fsp3) is 0.536. The summed E-state index contributed by atoms with van der Waals surface area (Å²) in [5, 5.41) is 9.72. The molecule has 36 heavy (non-hydrogen) atoms. The van der Waals surface area contributed by atoms with Crippen LogP contribution < -0.4 is 4.90 Å². The quantitative estimate of drug-likeness (QED) is 0.640. The number of pyridine rings is 1. The Kier molecular flexibility index (Phi) is 6.51. The van der Waals surface area contributed by atoms with Crippen molar-refractivity contribution in [1.82, 2.24) is 9.88 Å². The lowest BCUT2D eigenvalue weighted by molar-refractivity contribution is 0.0425. The average molecular weight is 484 g/mol. The maximum atomic E-state index is 9.72. The van der Waals surface area contributed by atoms with Crippen LogP contribution in [0, 0.1) is 23.2 Å². The summed E-state index contributed by atoms with van der Waals surface area (Å²) in [7, 11) is 0. The van der Waals surface area contributed by atoms with Crippen LogP contribution in [0.3, 0.4) is 0 Å². The minimum atomic E-state index is -0.489. The van der Waals surface area contributed by atoms with E-state index in [1.54, 1.807) is 5.57 Å². The topological polar surface area (TPSA) is 89.5 Å². The molecule has 1 aromatic rings. The van der Waals surface area contributed by atoms with Crippen molar-refractivity contribution in [3.8, 4) is 6.07 Å². The molecule has 0 aromatic carbocycles. The minimum Gasteiger partial charge on any atom is -0.379 e. The zero-order valence-electron chi connectivity index (χ0n) is 20.9. The molecule has 2 saturated heterocycles. The third-order valence-electron chi connectivity index (χ3n) is 7.96. The zero-order valence-corrected chi connectivity index (χ0v) is 20.9. The van der Waals surface area contributed by atoms with E-state index in [0.717, 1.165) is 88.0 Å². The fourth-order valence-electron chi connectivity index (χ4n) is 5.86. The van der Waals surface area contributed by atoms with E-state index < -0.39 is 6.29 Å². The number of morpholine rings is 1. The molecule has 5 aliphatic rings. The number of hydrogen-bond acceptors (Lipinski definition) is 8. The Bertz CT molecular complexity index is 1210. The average Bonchev–Trinajstić information content (AvgIpc) is 3.30. The summed E-state index contributed by atoms with van der Waals surface area (Å²) in [6.07, 6.45) is 9.70. The minimum absolute atomic E-state index is 0.475. The molecule has 3 fully saturated rings. The summed E-state index contributed by atoms with van der Waals surface area (Å²) in [4.78, 5) is 23.7. The zero-order chi connectivity index (χ0) is 24.5. The number of aromatic nitrogens is 1. The predicted octanol–water partition coefficient (Wildman–Crippen LogP) is 3.40. The molecule has 1 saturated carbocycles. The van der Waals surface area contributed by atoms with E-state index in [1.165, 1.54) is 5.57 Å². The number of nitriles is 1. The Hall–Kier alpha value is -3.15. The Balaban J connectivity index is 1.19. The van der Waals surface area contributed by atoms with Crippen molar-refractivity contribution in [2.45, 2.75) is 38.9 Å². The van der Waals surface area contributed by atoms with Crippen molar-refractivity contribution in [3.63, 3.8) is 0 Å². The molecule has 186 valence electrons. The summed E-state index contributed by atoms with van der Waals surface area (Å²) in [5.41, 5.74) is 7.08. The first-order valence-electron chi connectivity index (χ1n) is 13.2. The molecular formula is C28H33N7O. The molecule has 3 unspecified atom stereocenters. The largest absolute Gasteiger partial charge is 0.379 e. The number of nitrogens with zero attached hydrogens (tertiary/aromatic N) is 7. The van der Waals surface area contributed by atoms with Crippen LogP contribution in [0.5, 0.6) is 0 Å². The van der Waals surface area contributed by atoms with Gasteiger partial charge in [-0.1, -0.05) is 18.6 Å². The highest BCUT2D eigenvalue weighted by molar-refractivity contribution is 6.07. The van der Waals surface area contributed by atoms with Crippen LogP contribution in [0.1, 0.15) is 44.0 Å². The maximum absolute atomic E-state index is 9.72. The summed E-state index contributed by atoms with van der Waals surface area (Å²) in [6, 6.07) is 6.30. The van der Waals surface area contributed by atoms with Crippen LogP contribution >= 0.6 is 0 Å². The molecule has 0 bridgehead atoms. The highest BCUT2D eigenvalue weighted by Gasteiger charge is 2.43. The number of fused-ring (bicyclic) bond motifs is 1. The molecule has 3 aliphatic heterocycles. The van der Waals surface area contributed by atoms with E-state index in [-0.39, 0.29) is 0 Å². The van der Waals surface area contributed by atoms with E-state index >= 15 is 0 Å². The number of rotatable bonds is 5. The molecule has 0 amide bonds. The third-order valence-corrected chi connectivity index (χ3v) is 7.96. The monoisotopic (exact) mass is 483 g/mol. The molecule has 1 aromatic heterocycles. The second kappa shape index (κ2) is 10.1. The summed E-state index contributed by atoms with van der Waals surface area (Å²) in [6.45, 7) is 8.94. The molecule has 6 rings (SSSR count). The van der Waals surface area contributed by atoms with Gasteiger partial charge in [-0.25, -0.2) is 20.0 Å². The van der Waals surface area contributed by atoms with Gasteiger partial charge in [-0.3, -0.25) is 4.90 Å². The van der Waals surface area contributed by atoms with Crippen LogP contribution in [0.25, 0.3) is 0 Å². The first kappa shape index (κ1) is 23.3. The van der Waals surface area contributed by atoms with Gasteiger partial charge in [0.15, 0.2) is 5.69 Å². The third kappa shape index (κ3) is 4.78. The van der Waals surface area contributed by atoms with Crippen molar-refractivity contribution in [2.75, 3.05) is 50.8 Å². The Morgan fingerprint density at radius 3 is 2.78 bits per heavy atom. The lowest BCUT2D eigenvalue weighted by Crippen LogP contribution is -2.37. The van der Waals surface area contributed by atoms with Gasteiger partial charge in [-0.05, 0) is 54.9 Å². The molecular weight excluding hydrogens is 450 g/mol. The first-order chi connectivity index (χ1) is 17.7. The Morgan fingerprint density at radius 2 is 1.97 bits per heavy atom. The van der Waals surface area contributed by atoms with Crippen LogP contribution in [-0.4, -0.2) is 79.7 Å². The summed E-state index contributed by atoms with van der Waals surface area (Å²) in [5.74, 6) is 1.19. The van der Waals surface area contributed by atoms with Crippen LogP contribution in [0.2, 0.25) is 0 Å². The lowest BCUT2D eigenvalue weighted by Gasteiger charge is -2.27. The molecule has 4 heterocycles. The van der Waals surface area contributed by atoms with Crippen LogP contribution in [-0.2, 0) is 4.74 Å². The van der Waals surface area contributed by atoms with E-state index in [1.807, 2.05) is 18.3 Å². The number of aliphatic imine (C=N–C) groups is 3. The molecule has 8 nitrogen and oxygen atoms in total. The predicted molar refractivity (Wildman–Crippen MR) is 142 cm³/mol. The van der Waals surface area contributed by atoms with Gasteiger partial charge in [0, 0.05) is 51.1 Å². The SMILES string of the molecule is CC1C2=C(CN3CCOCC3)C=CC(=NC3N=CCC(c4ccc(N5CCCC5)c(C#N)n4)=N3)CC21. The van der Waals surface area contributed by atoms with Gasteiger partial charge in [0.05, 0.1) is 30.3 Å². The van der Waals surface area contributed by atoms with Gasteiger partial charge in [-0.2, -0.15) is 5.26 Å². The highest BCUT2D eigenvalue weighted by Crippen LogP contribution is 2.51. The second-order valence-electron chi connectivity index (χ2n) is 10.3. The fourth-order valence-corrected chi connectivity index (χ4v) is 5.86. The van der Waals surface area contributed by atoms with Gasteiger partial charge in [0.1, 0.15) is 6.07 Å². The molecule has 0 radical (unpaired) electrons. The van der Waals surface area contributed by atoms with E-state index in [0.29, 0.717) is 24.0 Å². The van der Waals surface area contributed by atoms with E-state index in [9.17, 15) is 5.26 Å². The van der Waals surface area contributed by atoms with Gasteiger partial charge in [-0.15, -0.1) is 0 Å². The molecule has 8 heteroatoms. The van der Waals surface area contributed by atoms with Gasteiger partial charge in [0.2, 0.25) is 6.29 Å². The van der Waals surface area contributed by atoms with Gasteiger partial charge < -0.3 is 9.64 Å². The Morgan fingerprint density at radius 1 is 1.14 bits per heavy atom. The van der Waals surface area contributed by atoms with Crippen LogP contribution in [0.15, 0.2) is 50.4 Å². The van der Waals surface area contributed by atoms with Crippen molar-refractivity contribution in [1.29, 1.82) is 5.26 Å². The highest BCUT2D eigenvalue weighted by atomic mass is 16.5. The standard InChI is InChI=1S/C28H33N7O/c1-19-22-16-21(5-4-20(27(19)22)18-34-12-14-36-15-13-34)31-28-30-9-8-24(33-28)23-6-7-26(25(17-29)32-23)35-10-2-3-11-35/h4-7,9,19,22,28H,2-3,8,10-16,18H2,1H3. The maximum Gasteiger partial charge on any atom is 0.233 e. The summed E-state index contributed by atoms with van der Waals surface area (Å²) >= 11 is 0. The van der Waals surface area contributed by atoms with E-state index in [2.05, 4.69) is 44.9 Å². The van der Waals surface area contributed by atoms with Gasteiger partial charge in [0.25, 0.3) is 0 Å². The van der Waals surface area contributed by atoms with E-state index in [4.69, 9.17) is 14.7 Å². The summed E-state index contributed by atoms with van der Waals surface area (Å²) < 4.78 is 5.51. The number of allylic oxidation sites excluding steroid dienone is 2. The Labute approximate surface area is 212 Å². The molecule has 0 spiro atoms. The number of ether oxygens (including phenoxy) is 1.